The largest absolute Gasteiger partial charge is 0.477 e. The van der Waals surface area contributed by atoms with E-state index in [0.717, 1.165) is 15.0 Å². The van der Waals surface area contributed by atoms with Gasteiger partial charge in [0.15, 0.2) is 17.1 Å². The molecule has 0 aliphatic rings. The summed E-state index contributed by atoms with van der Waals surface area (Å²) >= 11 is 2.11. The predicted molar refractivity (Wildman–Crippen MR) is 79.8 cm³/mol. The van der Waals surface area contributed by atoms with Crippen molar-refractivity contribution in [2.24, 2.45) is 0 Å². The van der Waals surface area contributed by atoms with Crippen LogP contribution in [-0.2, 0) is 0 Å². The number of aromatic carboxylic acids is 1. The number of carboxylic acids is 1. The zero-order chi connectivity index (χ0) is 14.4. The van der Waals surface area contributed by atoms with Crippen molar-refractivity contribution in [1.29, 1.82) is 0 Å². The van der Waals surface area contributed by atoms with Crippen molar-refractivity contribution in [3.8, 4) is 11.5 Å². The molecule has 0 spiro atoms. The minimum atomic E-state index is -1.05. The molecule has 0 aromatic carbocycles. The van der Waals surface area contributed by atoms with Crippen LogP contribution in [0.3, 0.4) is 0 Å². The molecule has 3 aromatic rings. The number of rotatable bonds is 2. The van der Waals surface area contributed by atoms with E-state index in [1.807, 2.05) is 19.9 Å². The molecule has 7 heteroatoms. The summed E-state index contributed by atoms with van der Waals surface area (Å²) in [5, 5.41) is 13.5. The summed E-state index contributed by atoms with van der Waals surface area (Å²) in [5.74, 6) is 0.237. The Balaban J connectivity index is 2.35. The number of halogens is 1. The maximum Gasteiger partial charge on any atom is 0.354 e. The number of fused-ring (bicyclic) bond motifs is 1. The van der Waals surface area contributed by atoms with Crippen molar-refractivity contribution < 1.29 is 14.3 Å². The topological polar surface area (TPSA) is 80.6 Å². The molecule has 20 heavy (non-hydrogen) atoms. The third-order valence-corrected chi connectivity index (χ3v) is 4.17. The van der Waals surface area contributed by atoms with Crippen LogP contribution in [0.2, 0.25) is 0 Å². The van der Waals surface area contributed by atoms with Crippen molar-refractivity contribution in [2.75, 3.05) is 0 Å². The van der Waals surface area contributed by atoms with E-state index in [4.69, 9.17) is 4.42 Å². The molecule has 0 radical (unpaired) electrons. The highest BCUT2D eigenvalue weighted by Crippen LogP contribution is 2.25. The van der Waals surface area contributed by atoms with Gasteiger partial charge in [0.25, 0.3) is 0 Å². The van der Waals surface area contributed by atoms with Crippen LogP contribution in [0.1, 0.15) is 21.9 Å². The molecule has 3 rings (SSSR count). The third kappa shape index (κ3) is 1.98. The fourth-order valence-corrected chi connectivity index (χ4v) is 2.41. The summed E-state index contributed by atoms with van der Waals surface area (Å²) in [7, 11) is 0. The maximum atomic E-state index is 11.4. The standard InChI is InChI=1S/C13H10IN3O3/c1-6-3-4-10(20-6)8-5-9(13(18)19)17-12(15-8)11(14)7(2)16-17/h3-5H,1-2H3,(H,18,19). The number of hydrogen-bond acceptors (Lipinski definition) is 4. The predicted octanol–water partition coefficient (Wildman–Crippen LogP) is 2.91. The molecule has 0 aliphatic carbocycles. The van der Waals surface area contributed by atoms with Crippen LogP contribution in [0.4, 0.5) is 0 Å². The molecule has 0 unspecified atom stereocenters. The van der Waals surface area contributed by atoms with Gasteiger partial charge in [-0.15, -0.1) is 0 Å². The van der Waals surface area contributed by atoms with Crippen LogP contribution in [0.25, 0.3) is 17.1 Å². The molecular weight excluding hydrogens is 373 g/mol. The lowest BCUT2D eigenvalue weighted by molar-refractivity contribution is 0.0687. The van der Waals surface area contributed by atoms with Crippen LogP contribution in [-0.4, -0.2) is 25.7 Å². The molecular formula is C13H10IN3O3. The van der Waals surface area contributed by atoms with Crippen LogP contribution in [0.5, 0.6) is 0 Å². The highest BCUT2D eigenvalue weighted by atomic mass is 127. The SMILES string of the molecule is Cc1ccc(-c2cc(C(=O)O)n3nc(C)c(I)c3n2)o1. The number of aryl methyl sites for hydroxylation is 2. The van der Waals surface area contributed by atoms with Gasteiger partial charge in [0.05, 0.1) is 9.26 Å². The number of carboxylic acid groups (broad SMARTS) is 1. The fraction of sp³-hybridized carbons (Fsp3) is 0.154. The minimum absolute atomic E-state index is 0.0602. The van der Waals surface area contributed by atoms with E-state index in [1.54, 1.807) is 6.07 Å². The molecule has 0 saturated heterocycles. The molecule has 0 bridgehead atoms. The Morgan fingerprint density at radius 3 is 2.75 bits per heavy atom. The van der Waals surface area contributed by atoms with Gasteiger partial charge in [0, 0.05) is 6.07 Å². The zero-order valence-electron chi connectivity index (χ0n) is 10.7. The molecule has 0 fully saturated rings. The van der Waals surface area contributed by atoms with Crippen LogP contribution in [0, 0.1) is 17.4 Å². The molecule has 0 aliphatic heterocycles. The van der Waals surface area contributed by atoms with E-state index in [9.17, 15) is 9.90 Å². The van der Waals surface area contributed by atoms with Crippen molar-refractivity contribution >= 4 is 34.2 Å². The molecule has 1 N–H and O–H groups in total. The Morgan fingerprint density at radius 2 is 2.15 bits per heavy atom. The first kappa shape index (κ1) is 13.1. The molecule has 3 heterocycles. The van der Waals surface area contributed by atoms with Gasteiger partial charge in [-0.25, -0.2) is 14.3 Å². The number of nitrogens with zero attached hydrogens (tertiary/aromatic N) is 3. The zero-order valence-corrected chi connectivity index (χ0v) is 12.9. The Kier molecular flexibility index (Phi) is 3.00. The number of carbonyl (C=O) groups is 1. The second kappa shape index (κ2) is 4.58. The molecule has 6 nitrogen and oxygen atoms in total. The van der Waals surface area contributed by atoms with Crippen molar-refractivity contribution in [3.05, 3.63) is 38.9 Å². The van der Waals surface area contributed by atoms with Gasteiger partial charge in [-0.3, -0.25) is 0 Å². The normalized spacial score (nSPS) is 11.2. The van der Waals surface area contributed by atoms with Crippen LogP contribution >= 0.6 is 22.6 Å². The van der Waals surface area contributed by atoms with E-state index in [2.05, 4.69) is 32.7 Å². The minimum Gasteiger partial charge on any atom is -0.477 e. The third-order valence-electron chi connectivity index (χ3n) is 2.90. The van der Waals surface area contributed by atoms with Crippen molar-refractivity contribution in [1.82, 2.24) is 14.6 Å². The van der Waals surface area contributed by atoms with E-state index in [-0.39, 0.29) is 5.69 Å². The van der Waals surface area contributed by atoms with E-state index in [0.29, 0.717) is 17.1 Å². The van der Waals surface area contributed by atoms with Gasteiger partial charge < -0.3 is 9.52 Å². The maximum absolute atomic E-state index is 11.4. The summed E-state index contributed by atoms with van der Waals surface area (Å²) < 4.78 is 7.69. The smallest absolute Gasteiger partial charge is 0.354 e. The second-order valence-electron chi connectivity index (χ2n) is 4.38. The Bertz CT molecular complexity index is 835. The first-order valence-electron chi connectivity index (χ1n) is 5.83. The highest BCUT2D eigenvalue weighted by Gasteiger charge is 2.19. The quantitative estimate of drug-likeness (QED) is 0.689. The molecule has 0 saturated carbocycles. The average molecular weight is 383 g/mol. The first-order chi connectivity index (χ1) is 9.47. The van der Waals surface area contributed by atoms with Crippen molar-refractivity contribution in [3.63, 3.8) is 0 Å². The van der Waals surface area contributed by atoms with E-state index < -0.39 is 5.97 Å². The summed E-state index contributed by atoms with van der Waals surface area (Å²) in [6, 6.07) is 5.06. The lowest BCUT2D eigenvalue weighted by Crippen LogP contribution is -2.08. The number of hydrogen-bond donors (Lipinski definition) is 1. The molecule has 102 valence electrons. The van der Waals surface area contributed by atoms with Gasteiger partial charge in [-0.05, 0) is 48.6 Å². The van der Waals surface area contributed by atoms with Gasteiger partial charge in [-0.1, -0.05) is 0 Å². The molecule has 3 aromatic heterocycles. The molecule has 0 amide bonds. The van der Waals surface area contributed by atoms with Crippen LogP contribution < -0.4 is 0 Å². The summed E-state index contributed by atoms with van der Waals surface area (Å²) in [5.41, 5.74) is 1.81. The Morgan fingerprint density at radius 1 is 1.40 bits per heavy atom. The lowest BCUT2D eigenvalue weighted by Gasteiger charge is -2.03. The van der Waals surface area contributed by atoms with E-state index in [1.165, 1.54) is 10.6 Å². The Hall–Kier alpha value is -1.90. The Labute approximate surface area is 127 Å². The van der Waals surface area contributed by atoms with Gasteiger partial charge in [-0.2, -0.15) is 5.10 Å². The lowest BCUT2D eigenvalue weighted by atomic mass is 10.2. The summed E-state index contributed by atoms with van der Waals surface area (Å²) in [6.45, 7) is 3.64. The van der Waals surface area contributed by atoms with Crippen LogP contribution in [0.15, 0.2) is 22.6 Å². The number of aromatic nitrogens is 3. The molecule has 0 atom stereocenters. The summed E-state index contributed by atoms with van der Waals surface area (Å²) in [4.78, 5) is 15.9. The highest BCUT2D eigenvalue weighted by molar-refractivity contribution is 14.1. The second-order valence-corrected chi connectivity index (χ2v) is 5.46. The monoisotopic (exact) mass is 383 g/mol. The van der Waals surface area contributed by atoms with Gasteiger partial charge in [0.1, 0.15) is 11.5 Å². The first-order valence-corrected chi connectivity index (χ1v) is 6.91. The fourth-order valence-electron chi connectivity index (χ4n) is 1.95. The average Bonchev–Trinajstić information content (AvgIpc) is 2.94. The number of furan rings is 1. The van der Waals surface area contributed by atoms with Crippen molar-refractivity contribution in [2.45, 2.75) is 13.8 Å². The summed E-state index contributed by atoms with van der Waals surface area (Å²) in [6.07, 6.45) is 0. The van der Waals surface area contributed by atoms with E-state index >= 15 is 0 Å². The van der Waals surface area contributed by atoms with Gasteiger partial charge >= 0.3 is 5.97 Å². The van der Waals surface area contributed by atoms with Gasteiger partial charge in [0.2, 0.25) is 0 Å².